The molecule has 2 unspecified atom stereocenters. The van der Waals surface area contributed by atoms with Gasteiger partial charge in [-0.05, 0) is 13.5 Å². The van der Waals surface area contributed by atoms with Crippen molar-refractivity contribution < 1.29 is 14.6 Å². The average molecular weight is 161 g/mol. The van der Waals surface area contributed by atoms with Crippen molar-refractivity contribution in [3.8, 4) is 0 Å². The van der Waals surface area contributed by atoms with E-state index in [1.54, 1.807) is 6.92 Å². The molecule has 0 aliphatic heterocycles. The van der Waals surface area contributed by atoms with Crippen LogP contribution < -0.4 is 5.32 Å². The molecular weight excluding hydrogens is 146 g/mol. The van der Waals surface area contributed by atoms with Crippen LogP contribution in [0, 0.1) is 0 Å². The number of ether oxygens (including phenoxy) is 1. The normalized spacial score (nSPS) is 15.6. The molecule has 0 rings (SSSR count). The summed E-state index contributed by atoms with van der Waals surface area (Å²) in [5.74, 6) is -0.429. The van der Waals surface area contributed by atoms with E-state index in [1.165, 1.54) is 7.11 Å². The minimum absolute atomic E-state index is 0.429. The van der Waals surface area contributed by atoms with Crippen molar-refractivity contribution >= 4 is 5.97 Å². The Morgan fingerprint density at radius 2 is 2.27 bits per heavy atom. The van der Waals surface area contributed by atoms with Crippen LogP contribution in [0.4, 0.5) is 0 Å². The topological polar surface area (TPSA) is 58.6 Å². The molecule has 11 heavy (non-hydrogen) atoms. The summed E-state index contributed by atoms with van der Waals surface area (Å²) in [5.41, 5.74) is 0. The Morgan fingerprint density at radius 1 is 1.73 bits per heavy atom. The third kappa shape index (κ3) is 3.34. The van der Waals surface area contributed by atoms with Crippen molar-refractivity contribution in [2.45, 2.75) is 26.0 Å². The predicted octanol–water partition coefficient (Wildman–Crippen LogP) is -0.482. The fraction of sp³-hybridized carbons (Fsp3) is 0.857. The molecule has 0 saturated heterocycles. The highest BCUT2D eigenvalue weighted by Gasteiger charge is 2.22. The van der Waals surface area contributed by atoms with Gasteiger partial charge in [0.05, 0.1) is 13.2 Å². The molecule has 0 radical (unpaired) electrons. The van der Waals surface area contributed by atoms with E-state index in [9.17, 15) is 4.79 Å². The highest BCUT2D eigenvalue weighted by Crippen LogP contribution is 1.94. The lowest BCUT2D eigenvalue weighted by atomic mass is 10.2. The third-order valence-electron chi connectivity index (χ3n) is 1.36. The van der Waals surface area contributed by atoms with Gasteiger partial charge in [-0.3, -0.25) is 4.79 Å². The standard InChI is InChI=1S/C7H15NO3/c1-4-8-6(5(2)9)7(10)11-3/h5-6,8-9H,4H2,1-3H3. The first-order chi connectivity index (χ1) is 5.13. The van der Waals surface area contributed by atoms with E-state index in [-0.39, 0.29) is 0 Å². The zero-order valence-corrected chi connectivity index (χ0v) is 7.13. The van der Waals surface area contributed by atoms with E-state index >= 15 is 0 Å². The van der Waals surface area contributed by atoms with Gasteiger partial charge in [0.25, 0.3) is 0 Å². The number of likely N-dealkylation sites (N-methyl/N-ethyl adjacent to an activating group) is 1. The smallest absolute Gasteiger partial charge is 0.325 e. The molecule has 2 atom stereocenters. The molecule has 0 spiro atoms. The van der Waals surface area contributed by atoms with Crippen LogP contribution in [0.2, 0.25) is 0 Å². The lowest BCUT2D eigenvalue weighted by Gasteiger charge is -2.17. The summed E-state index contributed by atoms with van der Waals surface area (Å²) in [6.07, 6.45) is -0.720. The zero-order valence-electron chi connectivity index (χ0n) is 7.13. The van der Waals surface area contributed by atoms with Crippen LogP contribution in [-0.2, 0) is 9.53 Å². The molecule has 2 N–H and O–H groups in total. The Kier molecular flexibility index (Phi) is 4.81. The van der Waals surface area contributed by atoms with Crippen molar-refractivity contribution in [2.24, 2.45) is 0 Å². The zero-order chi connectivity index (χ0) is 8.85. The molecule has 0 aliphatic carbocycles. The monoisotopic (exact) mass is 161 g/mol. The van der Waals surface area contributed by atoms with Crippen LogP contribution in [0.5, 0.6) is 0 Å². The number of nitrogens with one attached hydrogen (secondary N) is 1. The van der Waals surface area contributed by atoms with Crippen molar-refractivity contribution in [1.82, 2.24) is 5.32 Å². The Morgan fingerprint density at radius 3 is 2.55 bits per heavy atom. The van der Waals surface area contributed by atoms with Crippen LogP contribution in [-0.4, -0.2) is 36.9 Å². The highest BCUT2D eigenvalue weighted by molar-refractivity contribution is 5.76. The second-order valence-electron chi connectivity index (χ2n) is 2.30. The maximum atomic E-state index is 10.9. The van der Waals surface area contributed by atoms with Gasteiger partial charge in [0.1, 0.15) is 6.04 Å². The summed E-state index contributed by atoms with van der Waals surface area (Å²) < 4.78 is 4.46. The Balaban J connectivity index is 3.98. The minimum Gasteiger partial charge on any atom is -0.468 e. The molecule has 0 aromatic heterocycles. The number of esters is 1. The third-order valence-corrected chi connectivity index (χ3v) is 1.36. The van der Waals surface area contributed by atoms with E-state index in [4.69, 9.17) is 5.11 Å². The van der Waals surface area contributed by atoms with E-state index in [2.05, 4.69) is 10.1 Å². The average Bonchev–Trinajstić information content (AvgIpc) is 1.98. The number of aliphatic hydroxyl groups excluding tert-OH is 1. The Hall–Kier alpha value is -0.610. The quantitative estimate of drug-likeness (QED) is 0.547. The fourth-order valence-electron chi connectivity index (χ4n) is 0.798. The molecular formula is C7H15NO3. The molecule has 0 aromatic rings. The molecule has 66 valence electrons. The molecule has 4 heteroatoms. The number of aliphatic hydroxyl groups is 1. The van der Waals surface area contributed by atoms with Gasteiger partial charge in [-0.15, -0.1) is 0 Å². The molecule has 0 heterocycles. The Bertz CT molecular complexity index is 125. The fourth-order valence-corrected chi connectivity index (χ4v) is 0.798. The van der Waals surface area contributed by atoms with E-state index < -0.39 is 18.1 Å². The Labute approximate surface area is 66.5 Å². The molecule has 0 amide bonds. The minimum atomic E-state index is -0.720. The summed E-state index contributed by atoms with van der Waals surface area (Å²) >= 11 is 0. The number of hydrogen-bond acceptors (Lipinski definition) is 4. The number of hydrogen-bond donors (Lipinski definition) is 2. The van der Waals surface area contributed by atoms with Gasteiger partial charge in [-0.2, -0.15) is 0 Å². The van der Waals surface area contributed by atoms with Crippen molar-refractivity contribution in [3.63, 3.8) is 0 Å². The van der Waals surface area contributed by atoms with Gasteiger partial charge in [0, 0.05) is 0 Å². The summed E-state index contributed by atoms with van der Waals surface area (Å²) in [5, 5.41) is 11.9. The van der Waals surface area contributed by atoms with E-state index in [0.29, 0.717) is 6.54 Å². The van der Waals surface area contributed by atoms with Crippen molar-refractivity contribution in [2.75, 3.05) is 13.7 Å². The van der Waals surface area contributed by atoms with E-state index in [1.807, 2.05) is 6.92 Å². The number of carbonyl (C=O) groups excluding carboxylic acids is 1. The number of methoxy groups -OCH3 is 1. The van der Waals surface area contributed by atoms with Gasteiger partial charge in [0.15, 0.2) is 0 Å². The number of carbonyl (C=O) groups is 1. The van der Waals surface area contributed by atoms with Gasteiger partial charge in [-0.25, -0.2) is 0 Å². The SMILES string of the molecule is CCNC(C(=O)OC)C(C)O. The summed E-state index contributed by atoms with van der Waals surface area (Å²) in [4.78, 5) is 10.9. The van der Waals surface area contributed by atoms with Crippen LogP contribution in [0.15, 0.2) is 0 Å². The predicted molar refractivity (Wildman–Crippen MR) is 41.2 cm³/mol. The molecule has 4 nitrogen and oxygen atoms in total. The van der Waals surface area contributed by atoms with Gasteiger partial charge in [0.2, 0.25) is 0 Å². The van der Waals surface area contributed by atoms with Gasteiger partial charge < -0.3 is 15.2 Å². The first-order valence-electron chi connectivity index (χ1n) is 3.62. The van der Waals surface area contributed by atoms with Crippen LogP contribution in [0.25, 0.3) is 0 Å². The highest BCUT2D eigenvalue weighted by atomic mass is 16.5. The number of rotatable bonds is 4. The van der Waals surface area contributed by atoms with Crippen LogP contribution in [0.3, 0.4) is 0 Å². The molecule has 0 aromatic carbocycles. The van der Waals surface area contributed by atoms with Crippen molar-refractivity contribution in [1.29, 1.82) is 0 Å². The second kappa shape index (κ2) is 5.09. The first-order valence-corrected chi connectivity index (χ1v) is 3.62. The van der Waals surface area contributed by atoms with Crippen molar-refractivity contribution in [3.05, 3.63) is 0 Å². The van der Waals surface area contributed by atoms with Crippen LogP contribution in [0.1, 0.15) is 13.8 Å². The molecule has 0 aliphatic rings. The lowest BCUT2D eigenvalue weighted by Crippen LogP contribution is -2.45. The molecule has 0 fully saturated rings. The first kappa shape index (κ1) is 10.4. The molecule has 0 saturated carbocycles. The summed E-state index contributed by atoms with van der Waals surface area (Å²) in [7, 11) is 1.30. The summed E-state index contributed by atoms with van der Waals surface area (Å²) in [6.45, 7) is 4.03. The molecule has 0 bridgehead atoms. The van der Waals surface area contributed by atoms with E-state index in [0.717, 1.165) is 0 Å². The summed E-state index contributed by atoms with van der Waals surface area (Å²) in [6, 6.07) is -0.606. The van der Waals surface area contributed by atoms with Crippen LogP contribution >= 0.6 is 0 Å². The van der Waals surface area contributed by atoms with Gasteiger partial charge >= 0.3 is 5.97 Å². The lowest BCUT2D eigenvalue weighted by molar-refractivity contribution is -0.145. The largest absolute Gasteiger partial charge is 0.468 e. The maximum Gasteiger partial charge on any atom is 0.325 e. The van der Waals surface area contributed by atoms with Gasteiger partial charge in [-0.1, -0.05) is 6.92 Å². The maximum absolute atomic E-state index is 10.9. The second-order valence-corrected chi connectivity index (χ2v) is 2.30.